The Balaban J connectivity index is 2.15. The average molecular weight is 271 g/mol. The molecule has 0 aliphatic carbocycles. The molecular formula is C18H25NO. The maximum Gasteiger partial charge on any atom is 0.123 e. The van der Waals surface area contributed by atoms with Crippen molar-refractivity contribution >= 4 is 6.29 Å². The van der Waals surface area contributed by atoms with Crippen molar-refractivity contribution in [2.75, 3.05) is 0 Å². The molecule has 0 radical (unpaired) electrons. The van der Waals surface area contributed by atoms with Crippen LogP contribution in [0.25, 0.3) is 0 Å². The SMILES string of the molecule is CC(C=O)CC=CCCC=CCC(N)c1ccccc1. The normalized spacial score (nSPS) is 14.7. The molecule has 0 spiro atoms. The van der Waals surface area contributed by atoms with Crippen LogP contribution < -0.4 is 5.73 Å². The molecule has 2 nitrogen and oxygen atoms in total. The van der Waals surface area contributed by atoms with Crippen LogP contribution >= 0.6 is 0 Å². The molecule has 1 aromatic carbocycles. The minimum Gasteiger partial charge on any atom is -0.324 e. The van der Waals surface area contributed by atoms with Crippen molar-refractivity contribution in [3.8, 4) is 0 Å². The van der Waals surface area contributed by atoms with E-state index in [1.165, 1.54) is 5.56 Å². The van der Waals surface area contributed by atoms with Gasteiger partial charge in [0.05, 0.1) is 0 Å². The van der Waals surface area contributed by atoms with E-state index >= 15 is 0 Å². The lowest BCUT2D eigenvalue weighted by atomic mass is 10.0. The van der Waals surface area contributed by atoms with Crippen molar-refractivity contribution in [3.63, 3.8) is 0 Å². The molecule has 0 aliphatic heterocycles. The van der Waals surface area contributed by atoms with E-state index in [9.17, 15) is 4.79 Å². The Bertz CT molecular complexity index is 422. The van der Waals surface area contributed by atoms with Crippen LogP contribution in [0, 0.1) is 5.92 Å². The predicted molar refractivity (Wildman–Crippen MR) is 85.3 cm³/mol. The Labute approximate surface area is 122 Å². The Morgan fingerprint density at radius 1 is 1.00 bits per heavy atom. The van der Waals surface area contributed by atoms with Gasteiger partial charge in [-0.1, -0.05) is 61.6 Å². The van der Waals surface area contributed by atoms with Gasteiger partial charge in [-0.3, -0.25) is 0 Å². The molecular weight excluding hydrogens is 246 g/mol. The largest absolute Gasteiger partial charge is 0.324 e. The van der Waals surface area contributed by atoms with Gasteiger partial charge in [0.1, 0.15) is 6.29 Å². The number of carbonyl (C=O) groups is 1. The second-order valence-corrected chi connectivity index (χ2v) is 5.12. The van der Waals surface area contributed by atoms with Gasteiger partial charge in [-0.15, -0.1) is 0 Å². The number of hydrogen-bond acceptors (Lipinski definition) is 2. The Morgan fingerprint density at radius 2 is 1.60 bits per heavy atom. The molecule has 20 heavy (non-hydrogen) atoms. The monoisotopic (exact) mass is 271 g/mol. The van der Waals surface area contributed by atoms with Gasteiger partial charge >= 0.3 is 0 Å². The fraction of sp³-hybridized carbons (Fsp3) is 0.389. The van der Waals surface area contributed by atoms with E-state index in [0.717, 1.165) is 32.0 Å². The fourth-order valence-corrected chi connectivity index (χ4v) is 1.87. The molecule has 1 aromatic rings. The number of rotatable bonds is 9. The van der Waals surface area contributed by atoms with Gasteiger partial charge < -0.3 is 10.5 Å². The second-order valence-electron chi connectivity index (χ2n) is 5.12. The molecule has 1 rings (SSSR count). The quantitative estimate of drug-likeness (QED) is 0.415. The molecule has 0 fully saturated rings. The third-order valence-electron chi connectivity index (χ3n) is 3.19. The van der Waals surface area contributed by atoms with Crippen molar-refractivity contribution in [3.05, 3.63) is 60.2 Å². The summed E-state index contributed by atoms with van der Waals surface area (Å²) in [5.41, 5.74) is 7.29. The number of nitrogens with two attached hydrogens (primary N) is 1. The summed E-state index contributed by atoms with van der Waals surface area (Å²) in [5, 5.41) is 0. The molecule has 108 valence electrons. The zero-order valence-electron chi connectivity index (χ0n) is 12.2. The Kier molecular flexibility index (Phi) is 8.32. The lowest BCUT2D eigenvalue weighted by molar-refractivity contribution is -0.110. The number of carbonyl (C=O) groups excluding carboxylic acids is 1. The third-order valence-corrected chi connectivity index (χ3v) is 3.19. The van der Waals surface area contributed by atoms with Crippen molar-refractivity contribution in [1.29, 1.82) is 0 Å². The standard InChI is InChI=1S/C18H25NO/c1-16(15-20)11-7-4-2-3-5-10-14-18(19)17-12-8-6-9-13-17/h4-10,12-13,15-16,18H,2-3,11,14,19H2,1H3. The molecule has 2 N–H and O–H groups in total. The summed E-state index contributed by atoms with van der Waals surface area (Å²) in [4.78, 5) is 10.4. The van der Waals surface area contributed by atoms with E-state index in [1.807, 2.05) is 25.1 Å². The predicted octanol–water partition coefficient (Wildman–Crippen LogP) is 4.19. The number of allylic oxidation sites excluding steroid dienone is 3. The average Bonchev–Trinajstić information content (AvgIpc) is 2.50. The summed E-state index contributed by atoms with van der Waals surface area (Å²) in [6.45, 7) is 1.93. The highest BCUT2D eigenvalue weighted by atomic mass is 16.1. The first-order chi connectivity index (χ1) is 9.74. The van der Waals surface area contributed by atoms with Gasteiger partial charge in [0.25, 0.3) is 0 Å². The van der Waals surface area contributed by atoms with Crippen LogP contribution in [0.1, 0.15) is 44.2 Å². The third kappa shape index (κ3) is 7.05. The number of hydrogen-bond donors (Lipinski definition) is 1. The van der Waals surface area contributed by atoms with Crippen molar-refractivity contribution in [2.24, 2.45) is 11.7 Å². The lowest BCUT2D eigenvalue weighted by Gasteiger charge is -2.08. The minimum atomic E-state index is 0.0800. The summed E-state index contributed by atoms with van der Waals surface area (Å²) in [7, 11) is 0. The van der Waals surface area contributed by atoms with E-state index in [-0.39, 0.29) is 12.0 Å². The smallest absolute Gasteiger partial charge is 0.123 e. The topological polar surface area (TPSA) is 43.1 Å². The molecule has 2 unspecified atom stereocenters. The van der Waals surface area contributed by atoms with Gasteiger partial charge in [-0.25, -0.2) is 0 Å². The van der Waals surface area contributed by atoms with Crippen LogP contribution in [-0.4, -0.2) is 6.29 Å². The fourth-order valence-electron chi connectivity index (χ4n) is 1.87. The number of benzene rings is 1. The van der Waals surface area contributed by atoms with Crippen LogP contribution in [-0.2, 0) is 4.79 Å². The van der Waals surface area contributed by atoms with Crippen LogP contribution in [0.4, 0.5) is 0 Å². The summed E-state index contributed by atoms with van der Waals surface area (Å²) in [5.74, 6) is 0.130. The summed E-state index contributed by atoms with van der Waals surface area (Å²) < 4.78 is 0. The highest BCUT2D eigenvalue weighted by Crippen LogP contribution is 2.13. The van der Waals surface area contributed by atoms with Crippen LogP contribution in [0.15, 0.2) is 54.6 Å². The van der Waals surface area contributed by atoms with Crippen molar-refractivity contribution in [1.82, 2.24) is 0 Å². The zero-order chi connectivity index (χ0) is 14.6. The van der Waals surface area contributed by atoms with Gasteiger partial charge in [0, 0.05) is 12.0 Å². The van der Waals surface area contributed by atoms with E-state index in [2.05, 4.69) is 36.4 Å². The second kappa shape index (κ2) is 10.2. The number of unbranched alkanes of at least 4 members (excludes halogenated alkanes) is 1. The zero-order valence-corrected chi connectivity index (χ0v) is 12.2. The molecule has 0 saturated heterocycles. The highest BCUT2D eigenvalue weighted by Gasteiger charge is 2.01. The van der Waals surface area contributed by atoms with E-state index in [1.54, 1.807) is 0 Å². The van der Waals surface area contributed by atoms with Gasteiger partial charge in [-0.05, 0) is 31.2 Å². The molecule has 0 saturated carbocycles. The molecule has 0 heterocycles. The molecule has 0 aliphatic rings. The maximum atomic E-state index is 10.4. The summed E-state index contributed by atoms with van der Waals surface area (Å²) >= 11 is 0. The Morgan fingerprint density at radius 3 is 2.20 bits per heavy atom. The molecule has 0 amide bonds. The molecule has 0 bridgehead atoms. The van der Waals surface area contributed by atoms with E-state index in [0.29, 0.717) is 0 Å². The van der Waals surface area contributed by atoms with E-state index < -0.39 is 0 Å². The van der Waals surface area contributed by atoms with Gasteiger partial charge in [-0.2, -0.15) is 0 Å². The molecule has 0 aromatic heterocycles. The van der Waals surface area contributed by atoms with Crippen LogP contribution in [0.3, 0.4) is 0 Å². The van der Waals surface area contributed by atoms with Gasteiger partial charge in [0.2, 0.25) is 0 Å². The minimum absolute atomic E-state index is 0.0800. The summed E-state index contributed by atoms with van der Waals surface area (Å²) in [6.07, 6.45) is 13.3. The number of aldehydes is 1. The first-order valence-corrected chi connectivity index (χ1v) is 7.30. The highest BCUT2D eigenvalue weighted by molar-refractivity contribution is 5.52. The van der Waals surface area contributed by atoms with Crippen molar-refractivity contribution < 1.29 is 4.79 Å². The van der Waals surface area contributed by atoms with Crippen LogP contribution in [0.5, 0.6) is 0 Å². The molecule has 2 atom stereocenters. The Hall–Kier alpha value is -1.67. The van der Waals surface area contributed by atoms with Crippen LogP contribution in [0.2, 0.25) is 0 Å². The first-order valence-electron chi connectivity index (χ1n) is 7.30. The maximum absolute atomic E-state index is 10.4. The lowest BCUT2D eigenvalue weighted by Crippen LogP contribution is -2.08. The van der Waals surface area contributed by atoms with E-state index in [4.69, 9.17) is 5.73 Å². The molecule has 2 heteroatoms. The first kappa shape index (κ1) is 16.4. The summed E-state index contributed by atoms with van der Waals surface area (Å²) in [6, 6.07) is 10.2. The van der Waals surface area contributed by atoms with Crippen molar-refractivity contribution in [2.45, 2.75) is 38.6 Å². The van der Waals surface area contributed by atoms with Gasteiger partial charge in [0.15, 0.2) is 0 Å².